The van der Waals surface area contributed by atoms with Crippen molar-refractivity contribution in [3.8, 4) is 17.1 Å². The van der Waals surface area contributed by atoms with Crippen molar-refractivity contribution < 1.29 is 18.2 Å². The van der Waals surface area contributed by atoms with Crippen molar-refractivity contribution in [1.29, 1.82) is 0 Å². The van der Waals surface area contributed by atoms with E-state index in [0.29, 0.717) is 5.56 Å². The van der Waals surface area contributed by atoms with Gasteiger partial charge in [0.1, 0.15) is 5.69 Å². The molecule has 0 saturated carbocycles. The average Bonchev–Trinajstić information content (AvgIpc) is 3.61. The van der Waals surface area contributed by atoms with Crippen LogP contribution < -0.4 is 11.2 Å². The minimum Gasteiger partial charge on any atom is -0.378 e. The molecule has 38 heavy (non-hydrogen) atoms. The number of nitrogens with one attached hydrogen (secondary N) is 1. The number of hydrazone groups is 1. The number of amides is 1. The normalized spacial score (nSPS) is 11.6. The number of aromatic nitrogens is 7. The lowest BCUT2D eigenvalue weighted by Crippen LogP contribution is -2.24. The molecule has 0 saturated heterocycles. The second-order valence-corrected chi connectivity index (χ2v) is 8.25. The molecule has 0 spiro atoms. The molecule has 5 rings (SSSR count). The highest BCUT2D eigenvalue weighted by atomic mass is 19.2. The highest BCUT2D eigenvalue weighted by molar-refractivity contribution is 6.03. The molecule has 3 N–H and O–H groups in total. The van der Waals surface area contributed by atoms with Gasteiger partial charge in [-0.25, -0.2) is 18.8 Å². The molecule has 0 radical (unpaired) electrons. The van der Waals surface area contributed by atoms with Gasteiger partial charge in [-0.1, -0.05) is 35.5 Å². The molecule has 192 valence electrons. The molecule has 12 nitrogen and oxygen atoms in total. The number of nitrogen functional groups attached to an aromatic ring is 1. The molecule has 1 amide bonds. The van der Waals surface area contributed by atoms with Gasteiger partial charge in [-0.2, -0.15) is 14.9 Å². The number of rotatable bonds is 7. The first-order chi connectivity index (χ1) is 18.3. The van der Waals surface area contributed by atoms with Gasteiger partial charge in [0.2, 0.25) is 11.6 Å². The van der Waals surface area contributed by atoms with Gasteiger partial charge in [0.05, 0.1) is 18.0 Å². The molecule has 0 unspecified atom stereocenters. The zero-order chi connectivity index (χ0) is 26.8. The Morgan fingerprint density at radius 1 is 1.08 bits per heavy atom. The van der Waals surface area contributed by atoms with Crippen LogP contribution in [0.2, 0.25) is 0 Å². The second-order valence-electron chi connectivity index (χ2n) is 8.25. The van der Waals surface area contributed by atoms with Crippen molar-refractivity contribution in [3.05, 3.63) is 88.9 Å². The molecule has 3 heterocycles. The minimum absolute atomic E-state index is 0.0471. The maximum absolute atomic E-state index is 14.0. The third kappa shape index (κ3) is 4.74. The first kappa shape index (κ1) is 24.4. The fourth-order valence-electron chi connectivity index (χ4n) is 3.79. The SMILES string of the molecule is Cc1cc(C)n(C/C(=N/NC(=O)c2nnn(-c3nonc3N)c2-c2ccccc2)c2ccc(F)c(F)c2)n1. The third-order valence-electron chi connectivity index (χ3n) is 5.58. The first-order valence-electron chi connectivity index (χ1n) is 11.2. The van der Waals surface area contributed by atoms with Crippen LogP contribution in [0.4, 0.5) is 14.6 Å². The van der Waals surface area contributed by atoms with Gasteiger partial charge in [0, 0.05) is 16.8 Å². The summed E-state index contributed by atoms with van der Waals surface area (Å²) in [6, 6.07) is 14.0. The summed E-state index contributed by atoms with van der Waals surface area (Å²) in [6.45, 7) is 3.74. The van der Waals surface area contributed by atoms with E-state index >= 15 is 0 Å². The van der Waals surface area contributed by atoms with E-state index in [-0.39, 0.29) is 40.8 Å². The standard InChI is InChI=1S/C24H20F2N10O2/c1-13-10-14(2)35(31-13)12-19(16-8-9-17(25)18(26)11-16)28-30-24(37)20-21(15-6-4-3-5-7-15)36(34-29-20)23-22(27)32-38-33-23/h3-11H,12H2,1-2H3,(H2,27,32)(H,30,37)/b28-19-. The van der Waals surface area contributed by atoms with Crippen LogP contribution in [0.3, 0.4) is 0 Å². The number of nitrogens with two attached hydrogens (primary N) is 1. The number of carbonyl (C=O) groups is 1. The van der Waals surface area contributed by atoms with Crippen LogP contribution in [0.25, 0.3) is 17.1 Å². The van der Waals surface area contributed by atoms with Crippen LogP contribution >= 0.6 is 0 Å². The molecule has 14 heteroatoms. The summed E-state index contributed by atoms with van der Waals surface area (Å²) >= 11 is 0. The first-order valence-corrected chi connectivity index (χ1v) is 11.2. The van der Waals surface area contributed by atoms with E-state index in [1.165, 1.54) is 10.7 Å². The van der Waals surface area contributed by atoms with Gasteiger partial charge < -0.3 is 5.73 Å². The van der Waals surface area contributed by atoms with Crippen molar-refractivity contribution in [1.82, 2.24) is 40.5 Å². The lowest BCUT2D eigenvalue weighted by atomic mass is 10.1. The van der Waals surface area contributed by atoms with Gasteiger partial charge in [-0.3, -0.25) is 9.48 Å². The molecular formula is C24H20F2N10O2. The summed E-state index contributed by atoms with van der Waals surface area (Å²) in [5.41, 5.74) is 11.1. The lowest BCUT2D eigenvalue weighted by Gasteiger charge is -2.10. The van der Waals surface area contributed by atoms with Crippen molar-refractivity contribution >= 4 is 17.4 Å². The quantitative estimate of drug-likeness (QED) is 0.246. The summed E-state index contributed by atoms with van der Waals surface area (Å²) in [7, 11) is 0. The van der Waals surface area contributed by atoms with E-state index in [0.717, 1.165) is 23.5 Å². The van der Waals surface area contributed by atoms with Crippen LogP contribution in [-0.2, 0) is 6.54 Å². The maximum Gasteiger partial charge on any atom is 0.294 e. The van der Waals surface area contributed by atoms with Crippen LogP contribution in [0.5, 0.6) is 0 Å². The van der Waals surface area contributed by atoms with Gasteiger partial charge in [-0.15, -0.1) is 5.10 Å². The van der Waals surface area contributed by atoms with E-state index in [9.17, 15) is 13.6 Å². The Kier molecular flexibility index (Phi) is 6.43. The smallest absolute Gasteiger partial charge is 0.294 e. The third-order valence-corrected chi connectivity index (χ3v) is 5.58. The molecule has 0 atom stereocenters. The highest BCUT2D eigenvalue weighted by Gasteiger charge is 2.25. The van der Waals surface area contributed by atoms with Gasteiger partial charge in [0.25, 0.3) is 5.91 Å². The fourth-order valence-corrected chi connectivity index (χ4v) is 3.79. The van der Waals surface area contributed by atoms with Gasteiger partial charge in [0.15, 0.2) is 17.3 Å². The Hall–Kier alpha value is -5.27. The largest absolute Gasteiger partial charge is 0.378 e. The van der Waals surface area contributed by atoms with Gasteiger partial charge in [-0.05, 0) is 48.4 Å². The Morgan fingerprint density at radius 3 is 2.53 bits per heavy atom. The molecule has 0 aliphatic heterocycles. The zero-order valence-corrected chi connectivity index (χ0v) is 20.1. The molecule has 0 bridgehead atoms. The number of aryl methyl sites for hydroxylation is 2. The van der Waals surface area contributed by atoms with E-state index in [1.54, 1.807) is 35.0 Å². The number of nitrogens with zero attached hydrogens (tertiary/aromatic N) is 8. The van der Waals surface area contributed by atoms with Crippen LogP contribution in [0.15, 0.2) is 64.3 Å². The molecule has 0 aliphatic carbocycles. The molecule has 2 aromatic carbocycles. The molecule has 0 aliphatic rings. The summed E-state index contributed by atoms with van der Waals surface area (Å²) in [6.07, 6.45) is 0. The number of anilines is 1. The van der Waals surface area contributed by atoms with Crippen molar-refractivity contribution in [2.45, 2.75) is 20.4 Å². The van der Waals surface area contributed by atoms with Crippen molar-refractivity contribution in [3.63, 3.8) is 0 Å². The fraction of sp³-hybridized carbons (Fsp3) is 0.125. The highest BCUT2D eigenvalue weighted by Crippen LogP contribution is 2.26. The minimum atomic E-state index is -1.05. The maximum atomic E-state index is 14.0. The predicted molar refractivity (Wildman–Crippen MR) is 131 cm³/mol. The number of halogens is 2. The summed E-state index contributed by atoms with van der Waals surface area (Å²) < 4.78 is 35.2. The van der Waals surface area contributed by atoms with Crippen molar-refractivity contribution in [2.24, 2.45) is 5.10 Å². The van der Waals surface area contributed by atoms with E-state index < -0.39 is 17.5 Å². The van der Waals surface area contributed by atoms with E-state index in [1.807, 2.05) is 19.9 Å². The number of carbonyl (C=O) groups excluding carboxylic acids is 1. The van der Waals surface area contributed by atoms with E-state index in [2.05, 4.69) is 40.9 Å². The number of benzene rings is 2. The monoisotopic (exact) mass is 518 g/mol. The lowest BCUT2D eigenvalue weighted by molar-refractivity contribution is 0.0950. The van der Waals surface area contributed by atoms with Crippen LogP contribution in [0, 0.1) is 25.5 Å². The summed E-state index contributed by atoms with van der Waals surface area (Å²) in [4.78, 5) is 13.3. The summed E-state index contributed by atoms with van der Waals surface area (Å²) in [5, 5.41) is 23.9. The molecular weight excluding hydrogens is 498 g/mol. The summed E-state index contributed by atoms with van der Waals surface area (Å²) in [5.74, 6) is -2.79. The van der Waals surface area contributed by atoms with Gasteiger partial charge >= 0.3 is 0 Å². The van der Waals surface area contributed by atoms with E-state index in [4.69, 9.17) is 5.73 Å². The predicted octanol–water partition coefficient (Wildman–Crippen LogP) is 2.83. The van der Waals surface area contributed by atoms with Crippen LogP contribution in [0.1, 0.15) is 27.4 Å². The Bertz CT molecular complexity index is 1660. The van der Waals surface area contributed by atoms with Crippen LogP contribution in [-0.4, -0.2) is 46.7 Å². The molecule has 5 aromatic rings. The topological polar surface area (TPSA) is 155 Å². The number of hydrogen-bond acceptors (Lipinski definition) is 9. The second kappa shape index (κ2) is 10.0. The average molecular weight is 518 g/mol. The zero-order valence-electron chi connectivity index (χ0n) is 20.1. The van der Waals surface area contributed by atoms with Crippen molar-refractivity contribution in [2.75, 3.05) is 5.73 Å². The Labute approximate surface area is 213 Å². The Balaban J connectivity index is 1.54. The number of hydrogen-bond donors (Lipinski definition) is 2. The molecule has 0 fully saturated rings. The Morgan fingerprint density at radius 2 is 1.87 bits per heavy atom. The molecule has 3 aromatic heterocycles.